The normalized spacial score (nSPS) is 12.3. The van der Waals surface area contributed by atoms with Crippen molar-refractivity contribution >= 4 is 44.0 Å². The molecule has 7 nitrogen and oxygen atoms in total. The molecular formula is C51H31N5O2. The highest BCUT2D eigenvalue weighted by Crippen LogP contribution is 2.41. The van der Waals surface area contributed by atoms with Crippen molar-refractivity contribution < 1.29 is 8.83 Å². The lowest BCUT2D eigenvalue weighted by molar-refractivity contribution is 0.666. The largest absolute Gasteiger partial charge is 0.455 e. The summed E-state index contributed by atoms with van der Waals surface area (Å²) in [5.41, 5.74) is 14.1. The Balaban J connectivity index is 1.00. The van der Waals surface area contributed by atoms with Crippen molar-refractivity contribution in [1.82, 2.24) is 24.9 Å². The summed E-state index contributed by atoms with van der Waals surface area (Å²) in [5.74, 6) is 2.38. The summed E-state index contributed by atoms with van der Waals surface area (Å²) in [6.45, 7) is 0. The molecule has 1 aliphatic rings. The Morgan fingerprint density at radius 1 is 0.345 bits per heavy atom. The van der Waals surface area contributed by atoms with Gasteiger partial charge in [-0.3, -0.25) is 0 Å². The van der Waals surface area contributed by atoms with E-state index in [9.17, 15) is 0 Å². The quantitative estimate of drug-likeness (QED) is 0.173. The number of hydrogen-bond acceptors (Lipinski definition) is 7. The number of aromatic nitrogens is 5. The predicted octanol–water partition coefficient (Wildman–Crippen LogP) is 12.6. The summed E-state index contributed by atoms with van der Waals surface area (Å²) in [5, 5.41) is 2.89. The van der Waals surface area contributed by atoms with Crippen LogP contribution in [0.15, 0.2) is 173 Å². The molecule has 0 saturated carbocycles. The zero-order chi connectivity index (χ0) is 38.2. The molecule has 0 saturated heterocycles. The Morgan fingerprint density at radius 2 is 0.966 bits per heavy atom. The summed E-state index contributed by atoms with van der Waals surface area (Å²) >= 11 is 0. The molecule has 0 N–H and O–H groups in total. The number of benzene rings is 7. The highest BCUT2D eigenvalue weighted by atomic mass is 16.3. The van der Waals surface area contributed by atoms with E-state index in [-0.39, 0.29) is 0 Å². The number of para-hydroxylation sites is 2. The average Bonchev–Trinajstić information content (AvgIpc) is 3.87. The molecule has 0 bridgehead atoms. The van der Waals surface area contributed by atoms with Crippen molar-refractivity contribution in [3.05, 3.63) is 175 Å². The van der Waals surface area contributed by atoms with Gasteiger partial charge in [-0.2, -0.15) is 0 Å². The molecule has 0 amide bonds. The van der Waals surface area contributed by atoms with Crippen molar-refractivity contribution in [1.29, 1.82) is 0 Å². The van der Waals surface area contributed by atoms with E-state index in [0.717, 1.165) is 73.6 Å². The molecule has 0 unspecified atom stereocenters. The molecule has 0 fully saturated rings. The maximum atomic E-state index is 6.77. The van der Waals surface area contributed by atoms with E-state index >= 15 is 0 Å². The highest BCUT2D eigenvalue weighted by molar-refractivity contribution is 6.11. The zero-order valence-electron chi connectivity index (χ0n) is 31.1. The molecule has 0 atom stereocenters. The third kappa shape index (κ3) is 5.24. The minimum absolute atomic E-state index is 0.561. The van der Waals surface area contributed by atoms with Gasteiger partial charge in [0.15, 0.2) is 28.9 Å². The first-order valence-corrected chi connectivity index (χ1v) is 19.5. The van der Waals surface area contributed by atoms with Crippen molar-refractivity contribution in [2.75, 3.05) is 0 Å². The topological polar surface area (TPSA) is 90.7 Å². The summed E-state index contributed by atoms with van der Waals surface area (Å²) in [7, 11) is 0. The van der Waals surface area contributed by atoms with Gasteiger partial charge < -0.3 is 8.83 Å². The first-order chi connectivity index (χ1) is 28.7. The SMILES string of the molecule is c1ccc(-c2nc(-c3ccc4c(c3)CCc3ccccc3-4)nc(-c3ccc4c(c3)oc3c(-c5nc(-c6ccccc6)c6oc7ccccc7c6n5)cccc34)n2)cc1. The Morgan fingerprint density at radius 3 is 1.81 bits per heavy atom. The molecular weight excluding hydrogens is 715 g/mol. The van der Waals surface area contributed by atoms with Crippen molar-refractivity contribution in [3.63, 3.8) is 0 Å². The molecule has 7 heteroatoms. The summed E-state index contributed by atoms with van der Waals surface area (Å²) in [4.78, 5) is 25.5. The van der Waals surface area contributed by atoms with E-state index in [0.29, 0.717) is 40.0 Å². The number of aryl methyl sites for hydroxylation is 2. The van der Waals surface area contributed by atoms with Gasteiger partial charge in [-0.15, -0.1) is 0 Å². The third-order valence-electron chi connectivity index (χ3n) is 11.3. The molecule has 0 aliphatic heterocycles. The van der Waals surface area contributed by atoms with Gasteiger partial charge in [0, 0.05) is 38.4 Å². The fourth-order valence-electron chi connectivity index (χ4n) is 8.44. The zero-order valence-corrected chi connectivity index (χ0v) is 31.1. The van der Waals surface area contributed by atoms with E-state index in [1.807, 2.05) is 103 Å². The van der Waals surface area contributed by atoms with Crippen LogP contribution in [-0.2, 0) is 12.8 Å². The van der Waals surface area contributed by atoms with Crippen LogP contribution in [0.4, 0.5) is 0 Å². The van der Waals surface area contributed by atoms with E-state index in [1.165, 1.54) is 22.3 Å². The van der Waals surface area contributed by atoms with Crippen LogP contribution in [0.2, 0.25) is 0 Å². The fourth-order valence-corrected chi connectivity index (χ4v) is 8.44. The summed E-state index contributed by atoms with van der Waals surface area (Å²) < 4.78 is 13.1. The van der Waals surface area contributed by atoms with Gasteiger partial charge >= 0.3 is 0 Å². The Kier molecular flexibility index (Phi) is 7.22. The molecule has 4 heterocycles. The second kappa shape index (κ2) is 12.9. The van der Waals surface area contributed by atoms with Crippen LogP contribution in [0.1, 0.15) is 11.1 Å². The first-order valence-electron chi connectivity index (χ1n) is 19.5. The molecule has 272 valence electrons. The van der Waals surface area contributed by atoms with Crippen molar-refractivity contribution in [2.24, 2.45) is 0 Å². The van der Waals surface area contributed by atoms with Crippen LogP contribution in [0.5, 0.6) is 0 Å². The minimum Gasteiger partial charge on any atom is -0.455 e. The summed E-state index contributed by atoms with van der Waals surface area (Å²) in [6, 6.07) is 55.7. The van der Waals surface area contributed by atoms with Crippen LogP contribution in [0.25, 0.3) is 112 Å². The third-order valence-corrected chi connectivity index (χ3v) is 11.3. The minimum atomic E-state index is 0.561. The number of furan rings is 2. The van der Waals surface area contributed by atoms with Crippen LogP contribution in [-0.4, -0.2) is 24.9 Å². The van der Waals surface area contributed by atoms with Gasteiger partial charge in [-0.1, -0.05) is 127 Å². The van der Waals surface area contributed by atoms with E-state index < -0.39 is 0 Å². The highest BCUT2D eigenvalue weighted by Gasteiger charge is 2.22. The maximum Gasteiger partial charge on any atom is 0.180 e. The molecule has 12 rings (SSSR count). The average molecular weight is 746 g/mol. The van der Waals surface area contributed by atoms with Gasteiger partial charge in [0.2, 0.25) is 0 Å². The second-order valence-corrected chi connectivity index (χ2v) is 14.7. The molecule has 7 aromatic carbocycles. The van der Waals surface area contributed by atoms with Gasteiger partial charge in [0.05, 0.1) is 5.56 Å². The number of hydrogen-bond donors (Lipinski definition) is 0. The molecule has 4 aromatic heterocycles. The van der Waals surface area contributed by atoms with Crippen LogP contribution < -0.4 is 0 Å². The van der Waals surface area contributed by atoms with Crippen LogP contribution >= 0.6 is 0 Å². The van der Waals surface area contributed by atoms with Gasteiger partial charge in [-0.25, -0.2) is 24.9 Å². The predicted molar refractivity (Wildman–Crippen MR) is 230 cm³/mol. The smallest absolute Gasteiger partial charge is 0.180 e. The monoisotopic (exact) mass is 745 g/mol. The lowest BCUT2D eigenvalue weighted by atomic mass is 9.85. The van der Waals surface area contributed by atoms with Crippen LogP contribution in [0, 0.1) is 0 Å². The van der Waals surface area contributed by atoms with E-state index in [4.69, 9.17) is 33.8 Å². The Hall–Kier alpha value is -7.77. The van der Waals surface area contributed by atoms with Gasteiger partial charge in [0.1, 0.15) is 28.0 Å². The maximum absolute atomic E-state index is 6.77. The molecule has 0 spiro atoms. The number of rotatable bonds is 5. The summed E-state index contributed by atoms with van der Waals surface area (Å²) in [6.07, 6.45) is 1.98. The van der Waals surface area contributed by atoms with E-state index in [2.05, 4.69) is 60.7 Å². The van der Waals surface area contributed by atoms with Gasteiger partial charge in [0.25, 0.3) is 0 Å². The second-order valence-electron chi connectivity index (χ2n) is 14.7. The Labute approximate surface area is 332 Å². The Bertz CT molecular complexity index is 3410. The van der Waals surface area contributed by atoms with Gasteiger partial charge in [-0.05, 0) is 71.5 Å². The lowest BCUT2D eigenvalue weighted by Crippen LogP contribution is -2.05. The first kappa shape index (κ1) is 32.5. The number of fused-ring (bicyclic) bond motifs is 9. The van der Waals surface area contributed by atoms with Crippen LogP contribution in [0.3, 0.4) is 0 Å². The number of nitrogens with zero attached hydrogens (tertiary/aromatic N) is 5. The van der Waals surface area contributed by atoms with E-state index in [1.54, 1.807) is 0 Å². The standard InChI is InChI=1S/C51H31N5O2/c1-3-13-31(14-4-1)44-47-45(40-18-9-10-21-42(40)57-47)53-51(52-44)41-20-11-19-39-38-27-25-35(29-43(38)58-46(39)41)50-55-48(32-15-5-2-6-16-32)54-49(56-50)34-24-26-37-33(28-34)23-22-30-12-7-8-17-36(30)37/h1-21,24-29H,22-23H2. The fraction of sp³-hybridized carbons (Fsp3) is 0.0392. The van der Waals surface area contributed by atoms with Crippen molar-refractivity contribution in [2.45, 2.75) is 12.8 Å². The molecule has 1 aliphatic carbocycles. The molecule has 58 heavy (non-hydrogen) atoms. The lowest BCUT2D eigenvalue weighted by Gasteiger charge is -2.20. The molecule has 11 aromatic rings. The molecule has 0 radical (unpaired) electrons. The van der Waals surface area contributed by atoms with Crippen molar-refractivity contribution in [3.8, 4) is 67.9 Å².